The van der Waals surface area contributed by atoms with Gasteiger partial charge in [-0.15, -0.1) is 0 Å². The molecule has 0 radical (unpaired) electrons. The van der Waals surface area contributed by atoms with Gasteiger partial charge in [-0.25, -0.2) is 0 Å². The van der Waals surface area contributed by atoms with Crippen molar-refractivity contribution in [2.45, 2.75) is 37.8 Å². The van der Waals surface area contributed by atoms with Gasteiger partial charge in [0.2, 0.25) is 0 Å². The molecule has 0 spiro atoms. The third-order valence-corrected chi connectivity index (χ3v) is 3.99. The van der Waals surface area contributed by atoms with E-state index in [9.17, 15) is 19.2 Å². The number of hydrogen-bond donors (Lipinski definition) is 4. The van der Waals surface area contributed by atoms with E-state index < -0.39 is 62.1 Å². The van der Waals surface area contributed by atoms with Gasteiger partial charge >= 0.3 is 43.4 Å². The summed E-state index contributed by atoms with van der Waals surface area (Å²) in [5, 5.41) is 36.0. The summed E-state index contributed by atoms with van der Waals surface area (Å²) in [4.78, 5) is 46.7. The first-order valence-corrected chi connectivity index (χ1v) is 7.56. The Bertz CT molecular complexity index is 425. The first-order valence-electron chi connectivity index (χ1n) is 7.56. The SMILES string of the molecule is O=C(O)CN(CC(=O)O)C1CCCCC1N(CC(=O)O)CC(=O)O.[Zn+2]. The quantitative estimate of drug-likeness (QED) is 0.337. The molecule has 1 saturated carbocycles. The molecule has 4 N–H and O–H groups in total. The number of carboxylic acids is 4. The number of nitrogens with zero attached hydrogens (tertiary/aromatic N) is 2. The minimum atomic E-state index is -1.19. The van der Waals surface area contributed by atoms with Crippen LogP contribution in [0.1, 0.15) is 25.7 Å². The van der Waals surface area contributed by atoms with Crippen LogP contribution in [0.2, 0.25) is 0 Å². The fraction of sp³-hybridized carbons (Fsp3) is 0.714. The minimum absolute atomic E-state index is 0. The average molecular weight is 412 g/mol. The van der Waals surface area contributed by atoms with Gasteiger partial charge in [0.1, 0.15) is 0 Å². The van der Waals surface area contributed by atoms with Crippen molar-refractivity contribution in [1.82, 2.24) is 9.80 Å². The number of hydrogen-bond acceptors (Lipinski definition) is 6. The van der Waals surface area contributed by atoms with E-state index in [0.717, 1.165) is 12.8 Å². The van der Waals surface area contributed by atoms with Crippen LogP contribution >= 0.6 is 0 Å². The van der Waals surface area contributed by atoms with Gasteiger partial charge in [0, 0.05) is 12.1 Å². The normalized spacial score (nSPS) is 20.1. The van der Waals surface area contributed by atoms with Crippen molar-refractivity contribution < 1.29 is 59.1 Å². The third kappa shape index (κ3) is 8.37. The first-order chi connectivity index (χ1) is 11.2. The molecule has 1 fully saturated rings. The predicted molar refractivity (Wildman–Crippen MR) is 79.7 cm³/mol. The van der Waals surface area contributed by atoms with E-state index in [1.165, 1.54) is 9.80 Å². The fourth-order valence-electron chi connectivity index (χ4n) is 3.22. The van der Waals surface area contributed by atoms with Gasteiger partial charge in [-0.3, -0.25) is 29.0 Å². The maximum atomic E-state index is 11.0. The summed E-state index contributed by atoms with van der Waals surface area (Å²) in [6.45, 7) is -1.99. The Kier molecular flexibility index (Phi) is 10.4. The van der Waals surface area contributed by atoms with Crippen LogP contribution in [0.4, 0.5) is 0 Å². The fourth-order valence-corrected chi connectivity index (χ4v) is 3.22. The van der Waals surface area contributed by atoms with Crippen LogP contribution in [0.3, 0.4) is 0 Å². The van der Waals surface area contributed by atoms with Crippen LogP contribution in [0.25, 0.3) is 0 Å². The molecule has 0 aromatic heterocycles. The van der Waals surface area contributed by atoms with Crippen LogP contribution in [-0.2, 0) is 38.7 Å². The zero-order valence-corrected chi connectivity index (χ0v) is 16.8. The minimum Gasteiger partial charge on any atom is -0.480 e. The van der Waals surface area contributed by atoms with Crippen LogP contribution in [0, 0.1) is 0 Å². The molecule has 0 amide bonds. The van der Waals surface area contributed by atoms with Crippen LogP contribution in [0.5, 0.6) is 0 Å². The number of rotatable bonds is 10. The third-order valence-electron chi connectivity index (χ3n) is 3.99. The topological polar surface area (TPSA) is 156 Å². The number of aliphatic carboxylic acids is 4. The molecular weight excluding hydrogens is 390 g/mol. The molecule has 2 unspecified atom stereocenters. The molecule has 11 heteroatoms. The summed E-state index contributed by atoms with van der Waals surface area (Å²) in [5.74, 6) is -4.76. The van der Waals surface area contributed by atoms with E-state index >= 15 is 0 Å². The molecule has 1 rings (SSSR count). The molecule has 0 saturated heterocycles. The zero-order chi connectivity index (χ0) is 18.3. The Morgan fingerprint density at radius 3 is 1.08 bits per heavy atom. The van der Waals surface area contributed by atoms with Gasteiger partial charge in [-0.2, -0.15) is 0 Å². The average Bonchev–Trinajstić information content (AvgIpc) is 2.44. The van der Waals surface area contributed by atoms with Crippen molar-refractivity contribution in [3.8, 4) is 0 Å². The van der Waals surface area contributed by atoms with Gasteiger partial charge < -0.3 is 20.4 Å². The van der Waals surface area contributed by atoms with Crippen LogP contribution < -0.4 is 0 Å². The molecule has 0 heterocycles. The summed E-state index contributed by atoms with van der Waals surface area (Å²) >= 11 is 0. The van der Waals surface area contributed by atoms with Crippen molar-refractivity contribution in [3.05, 3.63) is 0 Å². The van der Waals surface area contributed by atoms with Crippen molar-refractivity contribution in [2.75, 3.05) is 26.2 Å². The molecular formula is C14H22N2O8Zn+2. The van der Waals surface area contributed by atoms with E-state index in [1.807, 2.05) is 0 Å². The summed E-state index contributed by atoms with van der Waals surface area (Å²) < 4.78 is 0. The Balaban J connectivity index is 0.00000576. The van der Waals surface area contributed by atoms with Gasteiger partial charge in [0.25, 0.3) is 0 Å². The van der Waals surface area contributed by atoms with E-state index in [1.54, 1.807) is 0 Å². The van der Waals surface area contributed by atoms with Crippen LogP contribution in [0.15, 0.2) is 0 Å². The van der Waals surface area contributed by atoms with E-state index in [4.69, 9.17) is 20.4 Å². The zero-order valence-electron chi connectivity index (χ0n) is 13.8. The molecule has 10 nitrogen and oxygen atoms in total. The van der Waals surface area contributed by atoms with Crippen molar-refractivity contribution >= 4 is 23.9 Å². The van der Waals surface area contributed by atoms with Gasteiger partial charge in [-0.05, 0) is 12.8 Å². The second-order valence-corrected chi connectivity index (χ2v) is 5.80. The molecule has 0 aliphatic heterocycles. The van der Waals surface area contributed by atoms with E-state index in [-0.39, 0.29) is 19.5 Å². The Morgan fingerprint density at radius 2 is 0.880 bits per heavy atom. The van der Waals surface area contributed by atoms with Gasteiger partial charge in [-0.1, -0.05) is 12.8 Å². The maximum Gasteiger partial charge on any atom is 2.00 e. The standard InChI is InChI=1S/C14H22N2O8.Zn/c17-11(18)5-15(6-12(19)20)9-3-1-2-4-10(9)16(7-13(21)22)8-14(23)24;/h9-10H,1-8H2,(H,17,18)(H,19,20)(H,21,22)(H,23,24);/q;+2. The molecule has 0 aromatic rings. The Labute approximate surface area is 157 Å². The van der Waals surface area contributed by atoms with E-state index in [0.29, 0.717) is 12.8 Å². The van der Waals surface area contributed by atoms with Gasteiger partial charge in [0.15, 0.2) is 0 Å². The molecule has 25 heavy (non-hydrogen) atoms. The Hall–Kier alpha value is -1.58. The van der Waals surface area contributed by atoms with Crippen molar-refractivity contribution in [3.63, 3.8) is 0 Å². The number of carboxylic acid groups (broad SMARTS) is 4. The van der Waals surface area contributed by atoms with E-state index in [2.05, 4.69) is 0 Å². The molecule has 0 aromatic carbocycles. The summed E-state index contributed by atoms with van der Waals surface area (Å²) in [7, 11) is 0. The molecule has 136 valence electrons. The van der Waals surface area contributed by atoms with Crippen molar-refractivity contribution in [2.24, 2.45) is 0 Å². The smallest absolute Gasteiger partial charge is 0.480 e. The molecule has 1 aliphatic carbocycles. The van der Waals surface area contributed by atoms with Gasteiger partial charge in [0.05, 0.1) is 26.2 Å². The first kappa shape index (κ1) is 23.4. The molecule has 1 aliphatic rings. The second kappa shape index (κ2) is 11.1. The summed E-state index contributed by atoms with van der Waals surface area (Å²) in [6, 6.07) is -1.05. The van der Waals surface area contributed by atoms with Crippen molar-refractivity contribution in [1.29, 1.82) is 0 Å². The summed E-state index contributed by atoms with van der Waals surface area (Å²) in [5.41, 5.74) is 0. The number of carbonyl (C=O) groups is 4. The predicted octanol–water partition coefficient (Wildman–Crippen LogP) is -0.762. The molecule has 0 bridgehead atoms. The monoisotopic (exact) mass is 410 g/mol. The molecule has 2 atom stereocenters. The van der Waals surface area contributed by atoms with Crippen LogP contribution in [-0.4, -0.2) is 92.4 Å². The maximum absolute atomic E-state index is 11.0. The second-order valence-electron chi connectivity index (χ2n) is 5.80. The largest absolute Gasteiger partial charge is 2.00 e. The summed E-state index contributed by atoms with van der Waals surface area (Å²) in [6.07, 6.45) is 2.46. The Morgan fingerprint density at radius 1 is 0.640 bits per heavy atom.